The van der Waals surface area contributed by atoms with Gasteiger partial charge in [-0.05, 0) is 63.1 Å². The lowest BCUT2D eigenvalue weighted by atomic mass is 9.86. The summed E-state index contributed by atoms with van der Waals surface area (Å²) >= 11 is 0. The molecule has 1 aliphatic rings. The summed E-state index contributed by atoms with van der Waals surface area (Å²) in [5.74, 6) is 0.888. The van der Waals surface area contributed by atoms with Crippen molar-refractivity contribution in [2.45, 2.75) is 72.4 Å². The molecular weight excluding hydrogens is 230 g/mol. The Balaban J connectivity index is 2.09. The van der Waals surface area contributed by atoms with Gasteiger partial charge in [0.1, 0.15) is 0 Å². The molecule has 1 heteroatoms. The molecule has 0 heterocycles. The first kappa shape index (κ1) is 14.6. The maximum Gasteiger partial charge on any atom is 0.0299 e. The van der Waals surface area contributed by atoms with Crippen molar-refractivity contribution in [1.82, 2.24) is 5.32 Å². The predicted molar refractivity (Wildman–Crippen MR) is 83.6 cm³/mol. The molecule has 19 heavy (non-hydrogen) atoms. The molecule has 106 valence electrons. The fourth-order valence-corrected chi connectivity index (χ4v) is 3.90. The highest BCUT2D eigenvalue weighted by Crippen LogP contribution is 2.28. The zero-order valence-corrected chi connectivity index (χ0v) is 13.2. The molecule has 1 aromatic carbocycles. The number of hydrogen-bond donors (Lipinski definition) is 1. The molecule has 0 saturated heterocycles. The number of aryl methyl sites for hydroxylation is 3. The zero-order chi connectivity index (χ0) is 14.0. The van der Waals surface area contributed by atoms with Gasteiger partial charge in [0.05, 0.1) is 0 Å². The molecule has 3 atom stereocenters. The molecule has 0 spiro atoms. The summed E-state index contributed by atoms with van der Waals surface area (Å²) < 4.78 is 0. The van der Waals surface area contributed by atoms with Crippen molar-refractivity contribution in [3.8, 4) is 0 Å². The molecule has 0 aliphatic heterocycles. The number of benzene rings is 1. The van der Waals surface area contributed by atoms with Crippen molar-refractivity contribution in [2.24, 2.45) is 5.92 Å². The molecule has 1 saturated carbocycles. The second kappa shape index (κ2) is 6.09. The maximum absolute atomic E-state index is 3.87. The van der Waals surface area contributed by atoms with Crippen LogP contribution in [0.1, 0.15) is 67.8 Å². The van der Waals surface area contributed by atoms with Gasteiger partial charge in [-0.2, -0.15) is 0 Å². The normalized spacial score (nSPS) is 25.3. The van der Waals surface area contributed by atoms with Crippen molar-refractivity contribution < 1.29 is 0 Å². The average Bonchev–Trinajstić information content (AvgIpc) is 2.27. The summed E-state index contributed by atoms with van der Waals surface area (Å²) in [6.07, 6.45) is 5.49. The van der Waals surface area contributed by atoms with E-state index < -0.39 is 0 Å². The summed E-state index contributed by atoms with van der Waals surface area (Å²) in [5.41, 5.74) is 5.74. The number of nitrogens with one attached hydrogen (secondary N) is 1. The van der Waals surface area contributed by atoms with E-state index in [1.807, 2.05) is 0 Å². The minimum atomic E-state index is 0.468. The van der Waals surface area contributed by atoms with Crippen molar-refractivity contribution in [1.29, 1.82) is 0 Å². The molecule has 0 radical (unpaired) electrons. The number of rotatable bonds is 3. The second-order valence-electron chi connectivity index (χ2n) is 6.67. The molecule has 0 bridgehead atoms. The van der Waals surface area contributed by atoms with Crippen LogP contribution in [0.15, 0.2) is 12.1 Å². The highest BCUT2D eigenvalue weighted by molar-refractivity contribution is 5.39. The van der Waals surface area contributed by atoms with E-state index in [1.54, 1.807) is 0 Å². The van der Waals surface area contributed by atoms with Crippen molar-refractivity contribution >= 4 is 0 Å². The van der Waals surface area contributed by atoms with Gasteiger partial charge in [0.15, 0.2) is 0 Å². The van der Waals surface area contributed by atoms with Gasteiger partial charge in [-0.15, -0.1) is 0 Å². The van der Waals surface area contributed by atoms with Crippen LogP contribution in [-0.4, -0.2) is 6.04 Å². The summed E-state index contributed by atoms with van der Waals surface area (Å²) in [4.78, 5) is 0. The van der Waals surface area contributed by atoms with Crippen molar-refractivity contribution in [3.05, 3.63) is 34.4 Å². The summed E-state index contributed by atoms with van der Waals surface area (Å²) in [7, 11) is 0. The molecule has 1 nitrogen and oxygen atoms in total. The summed E-state index contributed by atoms with van der Waals surface area (Å²) in [6, 6.07) is 5.79. The summed E-state index contributed by atoms with van der Waals surface area (Å²) in [6.45, 7) is 11.4. The molecular formula is C18H29N. The largest absolute Gasteiger partial charge is 0.307 e. The van der Waals surface area contributed by atoms with E-state index in [2.05, 4.69) is 52.1 Å². The maximum atomic E-state index is 3.87. The fourth-order valence-electron chi connectivity index (χ4n) is 3.90. The number of hydrogen-bond acceptors (Lipinski definition) is 1. The molecule has 3 unspecified atom stereocenters. The van der Waals surface area contributed by atoms with Gasteiger partial charge < -0.3 is 5.32 Å². The minimum Gasteiger partial charge on any atom is -0.307 e. The van der Waals surface area contributed by atoms with E-state index in [9.17, 15) is 0 Å². The van der Waals surface area contributed by atoms with Gasteiger partial charge in [-0.1, -0.05) is 37.5 Å². The SMILES string of the molecule is Cc1cc(C)c(C(C)NC2CCCC(C)C2)c(C)c1. The Bertz CT molecular complexity index is 412. The lowest BCUT2D eigenvalue weighted by molar-refractivity contribution is 0.285. The minimum absolute atomic E-state index is 0.468. The lowest BCUT2D eigenvalue weighted by Gasteiger charge is -2.31. The Kier molecular flexibility index (Phi) is 4.67. The quantitative estimate of drug-likeness (QED) is 0.819. The van der Waals surface area contributed by atoms with Gasteiger partial charge in [0, 0.05) is 12.1 Å². The van der Waals surface area contributed by atoms with E-state index >= 15 is 0 Å². The van der Waals surface area contributed by atoms with Crippen LogP contribution in [0.4, 0.5) is 0 Å². The molecule has 1 N–H and O–H groups in total. The van der Waals surface area contributed by atoms with Crippen LogP contribution in [-0.2, 0) is 0 Å². The van der Waals surface area contributed by atoms with Gasteiger partial charge in [-0.3, -0.25) is 0 Å². The third-order valence-electron chi connectivity index (χ3n) is 4.59. The molecule has 1 aliphatic carbocycles. The zero-order valence-electron chi connectivity index (χ0n) is 13.2. The monoisotopic (exact) mass is 259 g/mol. The van der Waals surface area contributed by atoms with Crippen LogP contribution in [0.3, 0.4) is 0 Å². The predicted octanol–water partition coefficient (Wildman–Crippen LogP) is 4.84. The van der Waals surface area contributed by atoms with Crippen molar-refractivity contribution in [2.75, 3.05) is 0 Å². The van der Waals surface area contributed by atoms with Gasteiger partial charge in [0.2, 0.25) is 0 Å². The van der Waals surface area contributed by atoms with Gasteiger partial charge in [0.25, 0.3) is 0 Å². The fraction of sp³-hybridized carbons (Fsp3) is 0.667. The third kappa shape index (κ3) is 3.60. The van der Waals surface area contributed by atoms with E-state index in [0.29, 0.717) is 12.1 Å². The Morgan fingerprint density at radius 2 is 1.74 bits per heavy atom. The molecule has 1 fully saturated rings. The topological polar surface area (TPSA) is 12.0 Å². The van der Waals surface area contributed by atoms with E-state index in [0.717, 1.165) is 5.92 Å². The first-order valence-electron chi connectivity index (χ1n) is 7.81. The summed E-state index contributed by atoms with van der Waals surface area (Å²) in [5, 5.41) is 3.87. The Morgan fingerprint density at radius 3 is 2.32 bits per heavy atom. The third-order valence-corrected chi connectivity index (χ3v) is 4.59. The first-order chi connectivity index (χ1) is 8.97. The van der Waals surface area contributed by atoms with Gasteiger partial charge >= 0.3 is 0 Å². The Labute approximate surface area is 118 Å². The van der Waals surface area contributed by atoms with Crippen LogP contribution in [0.5, 0.6) is 0 Å². The molecule has 2 rings (SSSR count). The van der Waals surface area contributed by atoms with E-state index in [-0.39, 0.29) is 0 Å². The van der Waals surface area contributed by atoms with Crippen LogP contribution in [0.2, 0.25) is 0 Å². The molecule has 1 aromatic rings. The molecule has 0 aromatic heterocycles. The van der Waals surface area contributed by atoms with E-state index in [4.69, 9.17) is 0 Å². The Hall–Kier alpha value is -0.820. The van der Waals surface area contributed by atoms with Crippen LogP contribution in [0.25, 0.3) is 0 Å². The molecule has 0 amide bonds. The van der Waals surface area contributed by atoms with Crippen LogP contribution < -0.4 is 5.32 Å². The standard InChI is InChI=1S/C18H29N/c1-12-7-6-8-17(11-12)19-16(5)18-14(3)9-13(2)10-15(18)4/h9-10,12,16-17,19H,6-8,11H2,1-5H3. The van der Waals surface area contributed by atoms with Gasteiger partial charge in [-0.25, -0.2) is 0 Å². The average molecular weight is 259 g/mol. The van der Waals surface area contributed by atoms with Crippen LogP contribution >= 0.6 is 0 Å². The smallest absolute Gasteiger partial charge is 0.0299 e. The highest BCUT2D eigenvalue weighted by Gasteiger charge is 2.21. The Morgan fingerprint density at radius 1 is 1.11 bits per heavy atom. The lowest BCUT2D eigenvalue weighted by Crippen LogP contribution is -2.35. The van der Waals surface area contributed by atoms with Crippen LogP contribution in [0, 0.1) is 26.7 Å². The first-order valence-corrected chi connectivity index (χ1v) is 7.81. The van der Waals surface area contributed by atoms with E-state index in [1.165, 1.54) is 47.9 Å². The van der Waals surface area contributed by atoms with Crippen molar-refractivity contribution in [3.63, 3.8) is 0 Å². The highest BCUT2D eigenvalue weighted by atomic mass is 14.9. The second-order valence-corrected chi connectivity index (χ2v) is 6.67.